The number of carbonyl (C=O) groups excluding carboxylic acids is 1. The van der Waals surface area contributed by atoms with Crippen LogP contribution in [0.1, 0.15) is 51.9 Å². The Balaban J connectivity index is 0. The number of esters is 1. The number of carboxylic acids is 1. The molecule has 0 aliphatic heterocycles. The average molecular weight is 333 g/mol. The predicted molar refractivity (Wildman–Crippen MR) is 77.7 cm³/mol. The topological polar surface area (TPSA) is 118 Å². The minimum absolute atomic E-state index is 0. The van der Waals surface area contributed by atoms with Gasteiger partial charge in [0.1, 0.15) is 0 Å². The van der Waals surface area contributed by atoms with Gasteiger partial charge in [0, 0.05) is 29.6 Å². The van der Waals surface area contributed by atoms with E-state index < -0.39 is 33.7 Å². The van der Waals surface area contributed by atoms with Crippen LogP contribution >= 0.6 is 0 Å². The van der Waals surface area contributed by atoms with Gasteiger partial charge in [-0.2, -0.15) is 8.42 Å². The van der Waals surface area contributed by atoms with E-state index in [1.165, 1.54) is 0 Å². The summed E-state index contributed by atoms with van der Waals surface area (Å²) in [5, 5.41) is 6.45. The Bertz CT molecular complexity index is 408. The van der Waals surface area contributed by atoms with Crippen LogP contribution in [0, 0.1) is 0 Å². The molecule has 0 bridgehead atoms. The van der Waals surface area contributed by atoms with Crippen molar-refractivity contribution in [2.24, 2.45) is 0 Å². The van der Waals surface area contributed by atoms with E-state index >= 15 is 0 Å². The van der Waals surface area contributed by atoms with E-state index in [0.717, 1.165) is 32.1 Å². The van der Waals surface area contributed by atoms with Crippen LogP contribution in [0.5, 0.6) is 0 Å². The maximum Gasteiger partial charge on any atom is 0.327 e. The van der Waals surface area contributed by atoms with Crippen molar-refractivity contribution in [1.29, 1.82) is 0 Å². The molecule has 0 amide bonds. The van der Waals surface area contributed by atoms with Crippen molar-refractivity contribution in [3.63, 3.8) is 0 Å². The normalized spacial score (nSPS) is 12.3. The number of hydrogen-bond acceptors (Lipinski definition) is 5. The zero-order valence-electron chi connectivity index (χ0n) is 12.6. The molecule has 119 valence electrons. The van der Waals surface area contributed by atoms with Crippen molar-refractivity contribution >= 4 is 51.6 Å². The van der Waals surface area contributed by atoms with Gasteiger partial charge in [-0.3, -0.25) is 14.1 Å². The first kappa shape index (κ1) is 23.1. The van der Waals surface area contributed by atoms with Crippen LogP contribution in [0.15, 0.2) is 0 Å². The Kier molecular flexibility index (Phi) is 13.7. The molecule has 0 saturated heterocycles. The molecule has 0 aromatic carbocycles. The zero-order chi connectivity index (χ0) is 15.6. The first-order chi connectivity index (χ1) is 9.29. The van der Waals surface area contributed by atoms with Gasteiger partial charge in [0.15, 0.2) is 5.25 Å². The Labute approximate surface area is 147 Å². The molecule has 0 aliphatic rings. The standard InChI is InChI=1S/C12H22O7S.Na/c1-2-3-4-5-6-7-8-19-12(15)10(9-11(13)14)20(16,17)18;/h10H,2-9H2,1H3,(H,13,14)(H,16,17,18);. The van der Waals surface area contributed by atoms with Crippen LogP contribution in [0.4, 0.5) is 0 Å². The zero-order valence-corrected chi connectivity index (χ0v) is 15.4. The van der Waals surface area contributed by atoms with Gasteiger partial charge in [-0.25, -0.2) is 0 Å². The number of hydrogen-bond donors (Lipinski definition) is 2. The molecule has 0 heterocycles. The smallest absolute Gasteiger partial charge is 0.327 e. The summed E-state index contributed by atoms with van der Waals surface area (Å²) in [4.78, 5) is 21.9. The fourth-order valence-corrected chi connectivity index (χ4v) is 2.28. The number of carbonyl (C=O) groups is 2. The van der Waals surface area contributed by atoms with Crippen LogP contribution in [-0.2, 0) is 24.4 Å². The maximum absolute atomic E-state index is 11.4. The molecule has 0 aromatic heterocycles. The average Bonchev–Trinajstić information content (AvgIpc) is 2.33. The second-order valence-corrected chi connectivity index (χ2v) is 6.14. The molecular weight excluding hydrogens is 311 g/mol. The summed E-state index contributed by atoms with van der Waals surface area (Å²) in [6, 6.07) is 0. The van der Waals surface area contributed by atoms with Crippen LogP contribution in [0.2, 0.25) is 0 Å². The molecular formula is C12H22NaO7S. The molecule has 1 atom stereocenters. The molecule has 0 aromatic rings. The molecule has 9 heteroatoms. The third-order valence-electron chi connectivity index (χ3n) is 2.72. The van der Waals surface area contributed by atoms with Gasteiger partial charge in [-0.05, 0) is 6.42 Å². The fourth-order valence-electron chi connectivity index (χ4n) is 1.62. The van der Waals surface area contributed by atoms with Crippen molar-refractivity contribution in [2.45, 2.75) is 57.1 Å². The van der Waals surface area contributed by atoms with Crippen LogP contribution < -0.4 is 0 Å². The van der Waals surface area contributed by atoms with Crippen molar-refractivity contribution in [3.05, 3.63) is 0 Å². The van der Waals surface area contributed by atoms with Gasteiger partial charge in [0.2, 0.25) is 0 Å². The molecule has 0 fully saturated rings. The molecule has 0 rings (SSSR count). The molecule has 1 unspecified atom stereocenters. The van der Waals surface area contributed by atoms with Gasteiger partial charge in [0.05, 0.1) is 13.0 Å². The van der Waals surface area contributed by atoms with E-state index in [4.69, 9.17) is 14.4 Å². The van der Waals surface area contributed by atoms with Gasteiger partial charge >= 0.3 is 11.9 Å². The van der Waals surface area contributed by atoms with E-state index in [-0.39, 0.29) is 36.2 Å². The van der Waals surface area contributed by atoms with Crippen molar-refractivity contribution in [2.75, 3.05) is 6.61 Å². The number of unbranched alkanes of at least 4 members (excludes halogenated alkanes) is 5. The van der Waals surface area contributed by atoms with Crippen molar-refractivity contribution < 1.29 is 32.4 Å². The minimum atomic E-state index is -4.77. The van der Waals surface area contributed by atoms with Gasteiger partial charge in [-0.15, -0.1) is 0 Å². The summed E-state index contributed by atoms with van der Waals surface area (Å²) < 4.78 is 35.3. The second-order valence-electron chi connectivity index (χ2n) is 4.54. The molecule has 0 aliphatic carbocycles. The quantitative estimate of drug-likeness (QED) is 0.253. The van der Waals surface area contributed by atoms with E-state index in [2.05, 4.69) is 6.92 Å². The summed E-state index contributed by atoms with van der Waals surface area (Å²) in [5.41, 5.74) is 0. The Morgan fingerprint density at radius 1 is 1.10 bits per heavy atom. The van der Waals surface area contributed by atoms with Gasteiger partial charge < -0.3 is 9.84 Å². The molecule has 2 N–H and O–H groups in total. The molecule has 7 nitrogen and oxygen atoms in total. The Morgan fingerprint density at radius 3 is 2.10 bits per heavy atom. The van der Waals surface area contributed by atoms with Crippen molar-refractivity contribution in [1.82, 2.24) is 0 Å². The maximum atomic E-state index is 11.4. The Morgan fingerprint density at radius 2 is 1.62 bits per heavy atom. The predicted octanol–water partition coefficient (Wildman–Crippen LogP) is 1.24. The number of carboxylic acid groups (broad SMARTS) is 1. The first-order valence-electron chi connectivity index (χ1n) is 6.63. The van der Waals surface area contributed by atoms with E-state index in [1.54, 1.807) is 0 Å². The SMILES string of the molecule is CCCCCCCCOC(=O)C(CC(=O)O)S(=O)(=O)O.[Na]. The summed E-state index contributed by atoms with van der Waals surface area (Å²) in [6.07, 6.45) is 4.79. The molecule has 21 heavy (non-hydrogen) atoms. The van der Waals surface area contributed by atoms with Gasteiger partial charge in [-0.1, -0.05) is 39.0 Å². The molecule has 0 spiro atoms. The van der Waals surface area contributed by atoms with Gasteiger partial charge in [0.25, 0.3) is 10.1 Å². The molecule has 1 radical (unpaired) electrons. The number of ether oxygens (including phenoxy) is 1. The minimum Gasteiger partial charge on any atom is -0.481 e. The summed E-state index contributed by atoms with van der Waals surface area (Å²) in [5.74, 6) is -2.72. The van der Waals surface area contributed by atoms with Crippen LogP contribution in [0.25, 0.3) is 0 Å². The van der Waals surface area contributed by atoms with E-state index in [9.17, 15) is 18.0 Å². The summed E-state index contributed by atoms with van der Waals surface area (Å²) in [7, 11) is -4.77. The van der Waals surface area contributed by atoms with Crippen molar-refractivity contribution in [3.8, 4) is 0 Å². The largest absolute Gasteiger partial charge is 0.481 e. The van der Waals surface area contributed by atoms with E-state index in [0.29, 0.717) is 6.42 Å². The second kappa shape index (κ2) is 12.4. The number of rotatable bonds is 11. The third-order valence-corrected chi connectivity index (χ3v) is 3.80. The number of aliphatic carboxylic acids is 1. The van der Waals surface area contributed by atoms with Crippen LogP contribution in [0.3, 0.4) is 0 Å². The van der Waals surface area contributed by atoms with E-state index in [1.807, 2.05) is 0 Å². The Hall–Kier alpha value is -0.150. The third kappa shape index (κ3) is 12.1. The fraction of sp³-hybridized carbons (Fsp3) is 0.833. The molecule has 0 saturated carbocycles. The summed E-state index contributed by atoms with van der Waals surface area (Å²) in [6.45, 7) is 2.12. The summed E-state index contributed by atoms with van der Waals surface area (Å²) >= 11 is 0. The first-order valence-corrected chi connectivity index (χ1v) is 8.14. The van der Waals surface area contributed by atoms with Crippen LogP contribution in [-0.4, -0.2) is 71.4 Å². The monoisotopic (exact) mass is 333 g/mol.